The molecule has 3 amide bonds. The molecule has 0 fully saturated rings. The number of likely N-dealkylation sites (N-methyl/N-ethyl adjacent to an activating group) is 3. The fourth-order valence-corrected chi connectivity index (χ4v) is 5.63. The van der Waals surface area contributed by atoms with Gasteiger partial charge in [-0.05, 0) is 78.3 Å². The smallest absolute Gasteiger partial charge is 0.253 e. The monoisotopic (exact) mass is 640 g/mol. The highest BCUT2D eigenvalue weighted by molar-refractivity contribution is 5.95. The van der Waals surface area contributed by atoms with Crippen molar-refractivity contribution in [3.63, 3.8) is 0 Å². The molecule has 0 spiro atoms. The van der Waals surface area contributed by atoms with E-state index >= 15 is 0 Å². The molecule has 0 radical (unpaired) electrons. The van der Waals surface area contributed by atoms with Gasteiger partial charge in [0.15, 0.2) is 0 Å². The predicted octanol–water partition coefficient (Wildman–Crippen LogP) is 6.71. The molecule has 0 saturated heterocycles. The number of aryl methyl sites for hydroxylation is 2. The van der Waals surface area contributed by atoms with Gasteiger partial charge < -0.3 is 14.7 Å². The van der Waals surface area contributed by atoms with Crippen LogP contribution in [0.3, 0.4) is 0 Å². The van der Waals surface area contributed by atoms with Gasteiger partial charge in [0.05, 0.1) is 0 Å². The van der Waals surface area contributed by atoms with Crippen LogP contribution in [0.1, 0.15) is 88.3 Å². The van der Waals surface area contributed by atoms with Crippen LogP contribution in [0.15, 0.2) is 72.8 Å². The van der Waals surface area contributed by atoms with Crippen LogP contribution in [0.25, 0.3) is 0 Å². The standard InChI is InChI=1S/C40H56N4O3/c1-8-14-33-16-12-19-36(29-33)39(46)42(6)22-25-44(24-21-41(5)38(45)35-18-11-15-32(10-3)28-35)26-23-43(7)40(47)37-20-13-17-34(30-37)27-31(4)9-2/h11-13,15-20,28-31H,8-10,14,21-27H2,1-7H3. The van der Waals surface area contributed by atoms with E-state index in [4.69, 9.17) is 0 Å². The Hall–Kier alpha value is -3.97. The van der Waals surface area contributed by atoms with Gasteiger partial charge in [0.2, 0.25) is 0 Å². The number of hydrogen-bond donors (Lipinski definition) is 0. The molecule has 7 nitrogen and oxygen atoms in total. The van der Waals surface area contributed by atoms with E-state index in [2.05, 4.69) is 44.7 Å². The van der Waals surface area contributed by atoms with E-state index in [0.717, 1.165) is 37.7 Å². The normalized spacial score (nSPS) is 11.7. The first-order valence-corrected chi connectivity index (χ1v) is 17.3. The van der Waals surface area contributed by atoms with E-state index in [9.17, 15) is 14.4 Å². The summed E-state index contributed by atoms with van der Waals surface area (Å²) in [5, 5.41) is 0. The fourth-order valence-electron chi connectivity index (χ4n) is 5.63. The lowest BCUT2D eigenvalue weighted by Gasteiger charge is -2.29. The van der Waals surface area contributed by atoms with Crippen LogP contribution in [0.4, 0.5) is 0 Å². The van der Waals surface area contributed by atoms with E-state index in [1.54, 1.807) is 14.7 Å². The Kier molecular flexibility index (Phi) is 15.2. The van der Waals surface area contributed by atoms with E-state index in [1.807, 2.05) is 81.8 Å². The Labute approximate surface area is 283 Å². The largest absolute Gasteiger partial charge is 0.340 e. The number of benzene rings is 3. The van der Waals surface area contributed by atoms with E-state index in [0.29, 0.717) is 61.9 Å². The highest BCUT2D eigenvalue weighted by atomic mass is 16.2. The molecule has 1 atom stereocenters. The number of amides is 3. The number of carbonyl (C=O) groups excluding carboxylic acids is 3. The third kappa shape index (κ3) is 11.7. The first-order valence-electron chi connectivity index (χ1n) is 17.3. The molecule has 0 aliphatic rings. The zero-order valence-electron chi connectivity index (χ0n) is 29.8. The second-order valence-electron chi connectivity index (χ2n) is 12.9. The fraction of sp³-hybridized carbons (Fsp3) is 0.475. The Bertz CT molecular complexity index is 1450. The zero-order valence-corrected chi connectivity index (χ0v) is 29.8. The van der Waals surface area contributed by atoms with Gasteiger partial charge in [-0.25, -0.2) is 0 Å². The van der Waals surface area contributed by atoms with Gasteiger partial charge in [-0.2, -0.15) is 0 Å². The third-order valence-corrected chi connectivity index (χ3v) is 9.04. The van der Waals surface area contributed by atoms with Gasteiger partial charge >= 0.3 is 0 Å². The van der Waals surface area contributed by atoms with Crippen molar-refractivity contribution in [2.75, 3.05) is 60.4 Å². The SMILES string of the molecule is CCCc1cccc(C(=O)N(C)CCN(CCN(C)C(=O)c2cccc(CC)c2)CCN(C)C(=O)c2cccc(CC(C)CC)c2)c1. The number of nitrogens with zero attached hydrogens (tertiary/aromatic N) is 4. The minimum absolute atomic E-state index is 0.00156. The molecule has 3 aromatic rings. The molecule has 0 aromatic heterocycles. The van der Waals surface area contributed by atoms with Crippen molar-refractivity contribution in [2.45, 2.75) is 59.8 Å². The van der Waals surface area contributed by atoms with Crippen molar-refractivity contribution in [1.29, 1.82) is 0 Å². The molecule has 0 aliphatic heterocycles. The molecule has 0 saturated carbocycles. The van der Waals surface area contributed by atoms with Crippen LogP contribution in [-0.2, 0) is 19.3 Å². The molecular formula is C40H56N4O3. The summed E-state index contributed by atoms with van der Waals surface area (Å²) in [5.41, 5.74) is 5.58. The molecule has 3 rings (SSSR count). The molecule has 0 N–H and O–H groups in total. The minimum atomic E-state index is -0.0101. The summed E-state index contributed by atoms with van der Waals surface area (Å²) in [6.07, 6.45) is 4.92. The van der Waals surface area contributed by atoms with Gasteiger partial charge in [-0.3, -0.25) is 19.3 Å². The maximum absolute atomic E-state index is 13.4. The molecule has 3 aromatic carbocycles. The second kappa shape index (κ2) is 19.0. The van der Waals surface area contributed by atoms with E-state index < -0.39 is 0 Å². The topological polar surface area (TPSA) is 64.2 Å². The highest BCUT2D eigenvalue weighted by Crippen LogP contribution is 2.15. The lowest BCUT2D eigenvalue weighted by atomic mass is 9.97. The van der Waals surface area contributed by atoms with E-state index in [1.165, 1.54) is 11.1 Å². The number of hydrogen-bond acceptors (Lipinski definition) is 4. The first-order chi connectivity index (χ1) is 22.6. The molecule has 7 heteroatoms. The molecule has 1 unspecified atom stereocenters. The summed E-state index contributed by atoms with van der Waals surface area (Å²) in [7, 11) is 5.52. The number of rotatable bonds is 18. The molecule has 0 heterocycles. The van der Waals surface area contributed by atoms with Gasteiger partial charge in [0.1, 0.15) is 0 Å². The summed E-state index contributed by atoms with van der Waals surface area (Å²) in [5.74, 6) is 0.551. The maximum atomic E-state index is 13.4. The van der Waals surface area contributed by atoms with Gasteiger partial charge in [-0.15, -0.1) is 0 Å². The van der Waals surface area contributed by atoms with Crippen molar-refractivity contribution in [2.24, 2.45) is 5.92 Å². The van der Waals surface area contributed by atoms with E-state index in [-0.39, 0.29) is 17.7 Å². The van der Waals surface area contributed by atoms with Crippen molar-refractivity contribution in [3.8, 4) is 0 Å². The summed E-state index contributed by atoms with van der Waals surface area (Å²) in [4.78, 5) is 47.5. The van der Waals surface area contributed by atoms with Crippen molar-refractivity contribution in [1.82, 2.24) is 19.6 Å². The average Bonchev–Trinajstić information content (AvgIpc) is 3.10. The predicted molar refractivity (Wildman–Crippen MR) is 193 cm³/mol. The van der Waals surface area contributed by atoms with Crippen LogP contribution in [0, 0.1) is 5.92 Å². The summed E-state index contributed by atoms with van der Waals surface area (Å²) < 4.78 is 0. The molecular weight excluding hydrogens is 584 g/mol. The lowest BCUT2D eigenvalue weighted by Crippen LogP contribution is -2.44. The van der Waals surface area contributed by atoms with Gasteiger partial charge in [0.25, 0.3) is 17.7 Å². The lowest BCUT2D eigenvalue weighted by molar-refractivity contribution is 0.0736. The molecule has 254 valence electrons. The highest BCUT2D eigenvalue weighted by Gasteiger charge is 2.19. The molecule has 0 aliphatic carbocycles. The quantitative estimate of drug-likeness (QED) is 0.155. The third-order valence-electron chi connectivity index (χ3n) is 9.04. The maximum Gasteiger partial charge on any atom is 0.253 e. The zero-order chi connectivity index (χ0) is 34.3. The minimum Gasteiger partial charge on any atom is -0.340 e. The van der Waals surface area contributed by atoms with Gasteiger partial charge in [-0.1, -0.05) is 76.9 Å². The summed E-state index contributed by atoms with van der Waals surface area (Å²) in [6, 6.07) is 23.7. The molecule has 0 bridgehead atoms. The second-order valence-corrected chi connectivity index (χ2v) is 12.9. The summed E-state index contributed by atoms with van der Waals surface area (Å²) >= 11 is 0. The Balaban J connectivity index is 1.68. The van der Waals surface area contributed by atoms with Crippen LogP contribution in [-0.4, -0.2) is 97.7 Å². The Morgan fingerprint density at radius 1 is 0.574 bits per heavy atom. The average molecular weight is 641 g/mol. The first kappa shape index (κ1) is 37.5. The molecule has 47 heavy (non-hydrogen) atoms. The Morgan fingerprint density at radius 2 is 0.979 bits per heavy atom. The van der Waals surface area contributed by atoms with Crippen LogP contribution in [0.2, 0.25) is 0 Å². The van der Waals surface area contributed by atoms with Crippen LogP contribution < -0.4 is 0 Å². The summed E-state index contributed by atoms with van der Waals surface area (Å²) in [6.45, 7) is 12.1. The van der Waals surface area contributed by atoms with Crippen LogP contribution >= 0.6 is 0 Å². The van der Waals surface area contributed by atoms with Crippen molar-refractivity contribution < 1.29 is 14.4 Å². The number of carbonyl (C=O) groups is 3. The van der Waals surface area contributed by atoms with Crippen molar-refractivity contribution >= 4 is 17.7 Å². The van der Waals surface area contributed by atoms with Crippen LogP contribution in [0.5, 0.6) is 0 Å². The van der Waals surface area contributed by atoms with Crippen molar-refractivity contribution in [3.05, 3.63) is 106 Å². The Morgan fingerprint density at radius 3 is 1.40 bits per heavy atom. The van der Waals surface area contributed by atoms with Gasteiger partial charge in [0, 0.05) is 77.1 Å².